The lowest BCUT2D eigenvalue weighted by Crippen LogP contribution is -2.55. The monoisotopic (exact) mass is 260 g/mol. The van der Waals surface area contributed by atoms with Gasteiger partial charge in [-0.05, 0) is 12.8 Å². The van der Waals surface area contributed by atoms with Crippen LogP contribution in [-0.2, 0) is 9.59 Å². The zero-order valence-corrected chi connectivity index (χ0v) is 10.6. The molecule has 19 heavy (non-hydrogen) atoms. The molecule has 1 aromatic heterocycles. The molecule has 6 heteroatoms. The Kier molecular flexibility index (Phi) is 2.93. The van der Waals surface area contributed by atoms with E-state index in [1.54, 1.807) is 17.3 Å². The highest BCUT2D eigenvalue weighted by Crippen LogP contribution is 2.34. The normalized spacial score (nSPS) is 22.4. The second-order valence-electron chi connectivity index (χ2n) is 5.14. The zero-order valence-electron chi connectivity index (χ0n) is 10.6. The first-order valence-electron chi connectivity index (χ1n) is 6.59. The molecule has 0 atom stereocenters. The summed E-state index contributed by atoms with van der Waals surface area (Å²) in [5.74, 6) is -0.0692. The molecule has 1 aliphatic heterocycles. The molecule has 1 aromatic rings. The zero-order chi connectivity index (χ0) is 13.3. The van der Waals surface area contributed by atoms with Gasteiger partial charge in [-0.1, -0.05) is 12.8 Å². The highest BCUT2D eigenvalue weighted by Gasteiger charge is 2.46. The minimum Gasteiger partial charge on any atom is -0.342 e. The molecule has 1 spiro atoms. The molecular formula is C13H16N4O2. The number of rotatable bonds is 1. The second kappa shape index (κ2) is 4.60. The molecule has 2 heterocycles. The Labute approximate surface area is 111 Å². The molecular weight excluding hydrogens is 244 g/mol. The standard InChI is InChI=1S/C13H16N4O2/c18-11-3-6-17(10-7-14-9-15-8-10)12(19)13(16-11)4-1-2-5-13/h7-9H,1-6H2,(H,16,18). The Morgan fingerprint density at radius 3 is 2.53 bits per heavy atom. The Bertz CT molecular complexity index is 497. The van der Waals surface area contributed by atoms with Crippen LogP contribution >= 0.6 is 0 Å². The van der Waals surface area contributed by atoms with Crippen LogP contribution in [0.2, 0.25) is 0 Å². The summed E-state index contributed by atoms with van der Waals surface area (Å²) in [5.41, 5.74) is -0.0426. The van der Waals surface area contributed by atoms with Gasteiger partial charge in [0.1, 0.15) is 11.9 Å². The lowest BCUT2D eigenvalue weighted by molar-refractivity contribution is -0.129. The third-order valence-electron chi connectivity index (χ3n) is 3.91. The van der Waals surface area contributed by atoms with Crippen LogP contribution in [-0.4, -0.2) is 33.9 Å². The van der Waals surface area contributed by atoms with Crippen molar-refractivity contribution in [1.29, 1.82) is 0 Å². The summed E-state index contributed by atoms with van der Waals surface area (Å²) in [6.45, 7) is 0.389. The molecule has 6 nitrogen and oxygen atoms in total. The van der Waals surface area contributed by atoms with Crippen molar-refractivity contribution in [2.75, 3.05) is 11.4 Å². The lowest BCUT2D eigenvalue weighted by Gasteiger charge is -2.31. The number of carbonyl (C=O) groups excluding carboxylic acids is 2. The molecule has 1 saturated heterocycles. The van der Waals surface area contributed by atoms with Crippen molar-refractivity contribution in [3.8, 4) is 0 Å². The molecule has 100 valence electrons. The number of amides is 2. The number of hydrogen-bond donors (Lipinski definition) is 1. The molecule has 0 unspecified atom stereocenters. The lowest BCUT2D eigenvalue weighted by atomic mass is 9.96. The molecule has 0 radical (unpaired) electrons. The molecule has 2 aliphatic rings. The topological polar surface area (TPSA) is 75.2 Å². The van der Waals surface area contributed by atoms with E-state index in [-0.39, 0.29) is 11.8 Å². The van der Waals surface area contributed by atoms with Crippen molar-refractivity contribution < 1.29 is 9.59 Å². The van der Waals surface area contributed by atoms with E-state index in [1.165, 1.54) is 6.33 Å². The molecule has 1 saturated carbocycles. The van der Waals surface area contributed by atoms with Crippen molar-refractivity contribution in [1.82, 2.24) is 15.3 Å². The maximum atomic E-state index is 12.8. The third-order valence-corrected chi connectivity index (χ3v) is 3.91. The predicted octanol–water partition coefficient (Wildman–Crippen LogP) is 0.642. The average Bonchev–Trinajstić information content (AvgIpc) is 2.85. The molecule has 2 fully saturated rings. The van der Waals surface area contributed by atoms with Crippen LogP contribution in [0, 0.1) is 0 Å². The number of nitrogens with one attached hydrogen (secondary N) is 1. The first-order chi connectivity index (χ1) is 9.21. The highest BCUT2D eigenvalue weighted by atomic mass is 16.2. The Hall–Kier alpha value is -1.98. The fraction of sp³-hybridized carbons (Fsp3) is 0.538. The van der Waals surface area contributed by atoms with Crippen molar-refractivity contribution in [3.05, 3.63) is 18.7 Å². The minimum absolute atomic E-state index is 0.0225. The number of carbonyl (C=O) groups is 2. The molecule has 3 rings (SSSR count). The van der Waals surface area contributed by atoms with Gasteiger partial charge in [-0.25, -0.2) is 9.97 Å². The van der Waals surface area contributed by atoms with Gasteiger partial charge in [0.2, 0.25) is 5.91 Å². The molecule has 1 N–H and O–H groups in total. The van der Waals surface area contributed by atoms with Gasteiger partial charge in [-0.3, -0.25) is 9.59 Å². The first-order valence-corrected chi connectivity index (χ1v) is 6.59. The van der Waals surface area contributed by atoms with E-state index in [1.807, 2.05) is 0 Å². The maximum Gasteiger partial charge on any atom is 0.252 e. The van der Waals surface area contributed by atoms with E-state index < -0.39 is 5.54 Å². The summed E-state index contributed by atoms with van der Waals surface area (Å²) >= 11 is 0. The van der Waals surface area contributed by atoms with Crippen LogP contribution in [0.25, 0.3) is 0 Å². The average molecular weight is 260 g/mol. The maximum absolute atomic E-state index is 12.8. The Morgan fingerprint density at radius 1 is 1.16 bits per heavy atom. The van der Waals surface area contributed by atoms with Crippen molar-refractivity contribution >= 4 is 17.5 Å². The first kappa shape index (κ1) is 12.1. The number of hydrogen-bond acceptors (Lipinski definition) is 4. The third kappa shape index (κ3) is 2.07. The van der Waals surface area contributed by atoms with E-state index in [2.05, 4.69) is 15.3 Å². The summed E-state index contributed by atoms with van der Waals surface area (Å²) in [7, 11) is 0. The number of nitrogens with zero attached hydrogens (tertiary/aromatic N) is 3. The summed E-state index contributed by atoms with van der Waals surface area (Å²) < 4.78 is 0. The van der Waals surface area contributed by atoms with Crippen molar-refractivity contribution in [2.24, 2.45) is 0 Å². The van der Waals surface area contributed by atoms with Crippen LogP contribution in [0.5, 0.6) is 0 Å². The summed E-state index contributed by atoms with van der Waals surface area (Å²) in [5, 5.41) is 2.93. The van der Waals surface area contributed by atoms with Gasteiger partial charge >= 0.3 is 0 Å². The Balaban J connectivity index is 1.96. The van der Waals surface area contributed by atoms with E-state index >= 15 is 0 Å². The summed E-state index contributed by atoms with van der Waals surface area (Å²) in [6, 6.07) is 0. The second-order valence-corrected chi connectivity index (χ2v) is 5.14. The van der Waals surface area contributed by atoms with Gasteiger partial charge in [0.05, 0.1) is 18.1 Å². The van der Waals surface area contributed by atoms with Gasteiger partial charge in [0.25, 0.3) is 5.91 Å². The number of aromatic nitrogens is 2. The van der Waals surface area contributed by atoms with Gasteiger partial charge < -0.3 is 10.2 Å². The van der Waals surface area contributed by atoms with E-state index in [4.69, 9.17) is 0 Å². The molecule has 0 bridgehead atoms. The van der Waals surface area contributed by atoms with E-state index in [0.717, 1.165) is 25.7 Å². The minimum atomic E-state index is -0.705. The summed E-state index contributed by atoms with van der Waals surface area (Å²) in [4.78, 5) is 34.2. The molecule has 0 aromatic carbocycles. The molecule has 1 aliphatic carbocycles. The van der Waals surface area contributed by atoms with Gasteiger partial charge in [-0.15, -0.1) is 0 Å². The fourth-order valence-corrected chi connectivity index (χ4v) is 2.95. The van der Waals surface area contributed by atoms with E-state index in [0.29, 0.717) is 18.7 Å². The van der Waals surface area contributed by atoms with Crippen LogP contribution in [0.4, 0.5) is 5.69 Å². The highest BCUT2D eigenvalue weighted by molar-refractivity contribution is 6.04. The van der Waals surface area contributed by atoms with Crippen LogP contribution in [0.3, 0.4) is 0 Å². The predicted molar refractivity (Wildman–Crippen MR) is 68.3 cm³/mol. The van der Waals surface area contributed by atoms with E-state index in [9.17, 15) is 9.59 Å². The van der Waals surface area contributed by atoms with Crippen molar-refractivity contribution in [2.45, 2.75) is 37.6 Å². The largest absolute Gasteiger partial charge is 0.342 e. The van der Waals surface area contributed by atoms with Crippen LogP contribution in [0.1, 0.15) is 32.1 Å². The van der Waals surface area contributed by atoms with Crippen LogP contribution in [0.15, 0.2) is 18.7 Å². The van der Waals surface area contributed by atoms with Gasteiger partial charge in [0, 0.05) is 13.0 Å². The van der Waals surface area contributed by atoms with Gasteiger partial charge in [0.15, 0.2) is 0 Å². The Morgan fingerprint density at radius 2 is 1.84 bits per heavy atom. The number of anilines is 1. The summed E-state index contributed by atoms with van der Waals surface area (Å²) in [6.07, 6.45) is 8.38. The fourth-order valence-electron chi connectivity index (χ4n) is 2.95. The van der Waals surface area contributed by atoms with Crippen LogP contribution < -0.4 is 10.2 Å². The smallest absolute Gasteiger partial charge is 0.252 e. The van der Waals surface area contributed by atoms with Crippen molar-refractivity contribution in [3.63, 3.8) is 0 Å². The molecule has 2 amide bonds. The quantitative estimate of drug-likeness (QED) is 0.804. The van der Waals surface area contributed by atoms with Gasteiger partial charge in [-0.2, -0.15) is 0 Å². The SMILES string of the molecule is O=C1CCN(c2cncnc2)C(=O)C2(CCCC2)N1.